The van der Waals surface area contributed by atoms with E-state index in [1.54, 1.807) is 0 Å². The maximum absolute atomic E-state index is 11.9. The lowest BCUT2D eigenvalue weighted by Gasteiger charge is -2.14. The molecule has 1 aliphatic heterocycles. The lowest BCUT2D eigenvalue weighted by atomic mass is 10.2. The van der Waals surface area contributed by atoms with Crippen molar-refractivity contribution in [2.45, 2.75) is 25.8 Å². The SMILES string of the molecule is CCOc1ccccc1NC(=O)C1CCCN1. The van der Waals surface area contributed by atoms with Gasteiger partial charge in [-0.1, -0.05) is 12.1 Å². The third-order valence-corrected chi connectivity index (χ3v) is 2.82. The lowest BCUT2D eigenvalue weighted by Crippen LogP contribution is -2.35. The number of nitrogens with one attached hydrogen (secondary N) is 2. The molecule has 1 amide bonds. The summed E-state index contributed by atoms with van der Waals surface area (Å²) in [5.41, 5.74) is 0.744. The molecule has 1 aromatic rings. The van der Waals surface area contributed by atoms with Gasteiger partial charge < -0.3 is 15.4 Å². The van der Waals surface area contributed by atoms with Gasteiger partial charge in [-0.25, -0.2) is 0 Å². The number of carbonyl (C=O) groups excluding carboxylic acids is 1. The fourth-order valence-electron chi connectivity index (χ4n) is 1.98. The second kappa shape index (κ2) is 5.68. The second-order valence-electron chi connectivity index (χ2n) is 4.07. The normalized spacial score (nSPS) is 19.0. The van der Waals surface area contributed by atoms with E-state index in [1.165, 1.54) is 0 Å². The zero-order chi connectivity index (χ0) is 12.1. The van der Waals surface area contributed by atoms with E-state index in [0.717, 1.165) is 30.8 Å². The highest BCUT2D eigenvalue weighted by atomic mass is 16.5. The minimum Gasteiger partial charge on any atom is -0.492 e. The van der Waals surface area contributed by atoms with Crippen LogP contribution in [0.5, 0.6) is 5.75 Å². The van der Waals surface area contributed by atoms with Gasteiger partial charge in [0.05, 0.1) is 18.3 Å². The van der Waals surface area contributed by atoms with Gasteiger partial charge in [0.1, 0.15) is 5.75 Å². The van der Waals surface area contributed by atoms with E-state index in [2.05, 4.69) is 10.6 Å². The molecule has 0 bridgehead atoms. The van der Waals surface area contributed by atoms with E-state index in [1.807, 2.05) is 31.2 Å². The van der Waals surface area contributed by atoms with Crippen molar-refractivity contribution in [3.05, 3.63) is 24.3 Å². The fraction of sp³-hybridized carbons (Fsp3) is 0.462. The third-order valence-electron chi connectivity index (χ3n) is 2.82. The first-order valence-electron chi connectivity index (χ1n) is 6.07. The molecule has 0 aliphatic carbocycles. The Kier molecular flexibility index (Phi) is 3.98. The minimum absolute atomic E-state index is 0.0228. The van der Waals surface area contributed by atoms with E-state index < -0.39 is 0 Å². The molecule has 1 atom stereocenters. The maximum Gasteiger partial charge on any atom is 0.241 e. The molecule has 0 spiro atoms. The average molecular weight is 234 g/mol. The predicted molar refractivity (Wildman–Crippen MR) is 67.3 cm³/mol. The molecule has 92 valence electrons. The first kappa shape index (κ1) is 11.9. The van der Waals surface area contributed by atoms with Crippen LogP contribution >= 0.6 is 0 Å². The highest BCUT2D eigenvalue weighted by Crippen LogP contribution is 2.24. The van der Waals surface area contributed by atoms with Gasteiger partial charge in [-0.15, -0.1) is 0 Å². The van der Waals surface area contributed by atoms with Crippen LogP contribution < -0.4 is 15.4 Å². The Morgan fingerprint density at radius 3 is 3.06 bits per heavy atom. The number of anilines is 1. The van der Waals surface area contributed by atoms with Crippen LogP contribution in [0.25, 0.3) is 0 Å². The molecule has 0 aromatic heterocycles. The van der Waals surface area contributed by atoms with Crippen molar-refractivity contribution < 1.29 is 9.53 Å². The van der Waals surface area contributed by atoms with Crippen LogP contribution in [0.15, 0.2) is 24.3 Å². The highest BCUT2D eigenvalue weighted by Gasteiger charge is 2.22. The van der Waals surface area contributed by atoms with Crippen molar-refractivity contribution in [3.8, 4) is 5.75 Å². The average Bonchev–Trinajstić information content (AvgIpc) is 2.85. The molecule has 1 unspecified atom stereocenters. The Hall–Kier alpha value is -1.55. The zero-order valence-electron chi connectivity index (χ0n) is 10.0. The molecule has 1 aromatic carbocycles. The third kappa shape index (κ3) is 2.97. The Labute approximate surface area is 101 Å². The van der Waals surface area contributed by atoms with Crippen LogP contribution in [0.2, 0.25) is 0 Å². The van der Waals surface area contributed by atoms with Crippen LogP contribution in [0.4, 0.5) is 5.69 Å². The molecule has 1 heterocycles. The molecule has 2 rings (SSSR count). The van der Waals surface area contributed by atoms with Crippen molar-refractivity contribution in [3.63, 3.8) is 0 Å². The largest absolute Gasteiger partial charge is 0.492 e. The van der Waals surface area contributed by atoms with Crippen molar-refractivity contribution in [2.24, 2.45) is 0 Å². The van der Waals surface area contributed by atoms with E-state index in [4.69, 9.17) is 4.74 Å². The van der Waals surface area contributed by atoms with Gasteiger partial charge in [-0.05, 0) is 38.4 Å². The lowest BCUT2D eigenvalue weighted by molar-refractivity contribution is -0.117. The zero-order valence-corrected chi connectivity index (χ0v) is 10.0. The number of rotatable bonds is 4. The van der Waals surface area contributed by atoms with Crippen molar-refractivity contribution in [1.29, 1.82) is 0 Å². The van der Waals surface area contributed by atoms with Crippen LogP contribution in [-0.2, 0) is 4.79 Å². The summed E-state index contributed by atoms with van der Waals surface area (Å²) in [5, 5.41) is 6.09. The van der Waals surface area contributed by atoms with E-state index in [-0.39, 0.29) is 11.9 Å². The maximum atomic E-state index is 11.9. The summed E-state index contributed by atoms with van der Waals surface area (Å²) in [6, 6.07) is 7.44. The highest BCUT2D eigenvalue weighted by molar-refractivity contribution is 5.96. The summed E-state index contributed by atoms with van der Waals surface area (Å²) in [5.74, 6) is 0.746. The molecule has 1 fully saturated rings. The van der Waals surface area contributed by atoms with Gasteiger partial charge >= 0.3 is 0 Å². The van der Waals surface area contributed by atoms with E-state index in [9.17, 15) is 4.79 Å². The van der Waals surface area contributed by atoms with Gasteiger partial charge in [-0.3, -0.25) is 4.79 Å². The van der Waals surface area contributed by atoms with Gasteiger partial charge in [0.2, 0.25) is 5.91 Å². The van der Waals surface area contributed by atoms with E-state index >= 15 is 0 Å². The fourth-order valence-corrected chi connectivity index (χ4v) is 1.98. The van der Waals surface area contributed by atoms with Gasteiger partial charge in [0, 0.05) is 0 Å². The minimum atomic E-state index is -0.0651. The Morgan fingerprint density at radius 2 is 2.35 bits per heavy atom. The first-order chi connectivity index (χ1) is 8.31. The number of para-hydroxylation sites is 2. The van der Waals surface area contributed by atoms with Crippen LogP contribution in [0.3, 0.4) is 0 Å². The van der Waals surface area contributed by atoms with Crippen molar-refractivity contribution in [1.82, 2.24) is 5.32 Å². The standard InChI is InChI=1S/C13H18N2O2/c1-2-17-12-8-4-3-6-10(12)15-13(16)11-7-5-9-14-11/h3-4,6,8,11,14H,2,5,7,9H2,1H3,(H,15,16). The molecule has 17 heavy (non-hydrogen) atoms. The summed E-state index contributed by atoms with van der Waals surface area (Å²) < 4.78 is 5.47. The van der Waals surface area contributed by atoms with Gasteiger partial charge in [0.25, 0.3) is 0 Å². The molecular formula is C13H18N2O2. The number of carbonyl (C=O) groups is 1. The Balaban J connectivity index is 2.04. The quantitative estimate of drug-likeness (QED) is 0.835. The van der Waals surface area contributed by atoms with Crippen LogP contribution in [-0.4, -0.2) is 25.1 Å². The number of ether oxygens (including phenoxy) is 1. The van der Waals surface area contributed by atoms with Crippen molar-refractivity contribution in [2.75, 3.05) is 18.5 Å². The summed E-state index contributed by atoms with van der Waals surface area (Å²) >= 11 is 0. The van der Waals surface area contributed by atoms with Crippen LogP contribution in [0.1, 0.15) is 19.8 Å². The molecule has 0 radical (unpaired) electrons. The van der Waals surface area contributed by atoms with Gasteiger partial charge in [-0.2, -0.15) is 0 Å². The monoisotopic (exact) mass is 234 g/mol. The number of hydrogen-bond donors (Lipinski definition) is 2. The molecule has 2 N–H and O–H groups in total. The molecule has 0 saturated carbocycles. The van der Waals surface area contributed by atoms with E-state index in [0.29, 0.717) is 6.61 Å². The van der Waals surface area contributed by atoms with Crippen molar-refractivity contribution >= 4 is 11.6 Å². The molecular weight excluding hydrogens is 216 g/mol. The topological polar surface area (TPSA) is 50.4 Å². The number of hydrogen-bond acceptors (Lipinski definition) is 3. The molecule has 1 saturated heterocycles. The molecule has 1 aliphatic rings. The predicted octanol–water partition coefficient (Wildman–Crippen LogP) is 1.78. The smallest absolute Gasteiger partial charge is 0.241 e. The summed E-state index contributed by atoms with van der Waals surface area (Å²) in [4.78, 5) is 11.9. The van der Waals surface area contributed by atoms with Gasteiger partial charge in [0.15, 0.2) is 0 Å². The number of amides is 1. The summed E-state index contributed by atoms with van der Waals surface area (Å²) in [6.07, 6.45) is 1.97. The number of benzene rings is 1. The second-order valence-corrected chi connectivity index (χ2v) is 4.07. The van der Waals surface area contributed by atoms with Crippen LogP contribution in [0, 0.1) is 0 Å². The molecule has 4 heteroatoms. The summed E-state index contributed by atoms with van der Waals surface area (Å²) in [7, 11) is 0. The first-order valence-corrected chi connectivity index (χ1v) is 6.07. The Morgan fingerprint density at radius 1 is 1.53 bits per heavy atom. The molecule has 4 nitrogen and oxygen atoms in total. The Bertz CT molecular complexity index is 387. The summed E-state index contributed by atoms with van der Waals surface area (Å²) in [6.45, 7) is 3.44.